The van der Waals surface area contributed by atoms with Crippen molar-refractivity contribution in [3.05, 3.63) is 71.3 Å². The molecule has 0 heterocycles. The Balaban J connectivity index is 1.67. The van der Waals surface area contributed by atoms with E-state index in [1.807, 2.05) is 68.4 Å². The zero-order valence-corrected chi connectivity index (χ0v) is 16.5. The second-order valence-corrected chi connectivity index (χ2v) is 7.06. The maximum absolute atomic E-state index is 11.9. The van der Waals surface area contributed by atoms with Crippen LogP contribution in [0, 0.1) is 5.92 Å². The van der Waals surface area contributed by atoms with E-state index < -0.39 is 6.04 Å². The molecule has 0 spiro atoms. The molecule has 0 saturated heterocycles. The number of benzene rings is 2. The first-order valence-electron chi connectivity index (χ1n) is 9.45. The topological polar surface area (TPSA) is 93.5 Å². The van der Waals surface area contributed by atoms with Crippen molar-refractivity contribution in [2.24, 2.45) is 11.7 Å². The van der Waals surface area contributed by atoms with Crippen LogP contribution < -0.4 is 16.4 Å². The summed E-state index contributed by atoms with van der Waals surface area (Å²) >= 11 is 0. The van der Waals surface area contributed by atoms with E-state index in [0.29, 0.717) is 19.8 Å². The number of ether oxygens (including phenoxy) is 1. The molecular formula is C22H29N3O3. The van der Waals surface area contributed by atoms with Gasteiger partial charge in [0.1, 0.15) is 0 Å². The molecule has 1 atom stereocenters. The van der Waals surface area contributed by atoms with Crippen molar-refractivity contribution < 1.29 is 14.3 Å². The molecule has 0 fully saturated rings. The lowest BCUT2D eigenvalue weighted by Gasteiger charge is -2.15. The van der Waals surface area contributed by atoms with Gasteiger partial charge in [0.2, 0.25) is 11.8 Å². The maximum Gasteiger partial charge on any atom is 0.239 e. The van der Waals surface area contributed by atoms with Gasteiger partial charge in [0.15, 0.2) is 0 Å². The number of carbonyl (C=O) groups is 2. The summed E-state index contributed by atoms with van der Waals surface area (Å²) in [4.78, 5) is 23.6. The molecule has 0 aliphatic heterocycles. The van der Waals surface area contributed by atoms with E-state index in [1.165, 1.54) is 0 Å². The molecule has 28 heavy (non-hydrogen) atoms. The molecule has 0 radical (unpaired) electrons. The average Bonchev–Trinajstić information content (AvgIpc) is 2.71. The van der Waals surface area contributed by atoms with Crippen LogP contribution in [-0.4, -0.2) is 24.4 Å². The fourth-order valence-corrected chi connectivity index (χ4v) is 2.47. The summed E-state index contributed by atoms with van der Waals surface area (Å²) in [7, 11) is 0. The molecule has 6 heteroatoms. The van der Waals surface area contributed by atoms with Crippen molar-refractivity contribution in [3.8, 4) is 0 Å². The van der Waals surface area contributed by atoms with E-state index in [4.69, 9.17) is 10.5 Å². The Morgan fingerprint density at radius 1 is 0.893 bits per heavy atom. The molecular weight excluding hydrogens is 354 g/mol. The Morgan fingerprint density at radius 3 is 2.07 bits per heavy atom. The molecule has 2 aromatic carbocycles. The molecule has 2 amide bonds. The van der Waals surface area contributed by atoms with E-state index in [2.05, 4.69) is 10.6 Å². The monoisotopic (exact) mass is 383 g/mol. The van der Waals surface area contributed by atoms with Crippen molar-refractivity contribution in [3.63, 3.8) is 0 Å². The summed E-state index contributed by atoms with van der Waals surface area (Å²) in [6.45, 7) is 5.15. The number of rotatable bonds is 10. The van der Waals surface area contributed by atoms with Gasteiger partial charge >= 0.3 is 0 Å². The third-order valence-electron chi connectivity index (χ3n) is 4.34. The SMILES string of the molecule is CC(C)[C@H](N)C(=O)NCC(=O)NCc1ccc(COCc2ccccc2)cc1. The van der Waals surface area contributed by atoms with E-state index in [-0.39, 0.29) is 24.3 Å². The van der Waals surface area contributed by atoms with Crippen LogP contribution in [0.25, 0.3) is 0 Å². The van der Waals surface area contributed by atoms with Crippen molar-refractivity contribution >= 4 is 11.8 Å². The maximum atomic E-state index is 11.9. The minimum Gasteiger partial charge on any atom is -0.372 e. The lowest BCUT2D eigenvalue weighted by Crippen LogP contribution is -2.47. The number of carbonyl (C=O) groups excluding carboxylic acids is 2. The van der Waals surface area contributed by atoms with Gasteiger partial charge in [0, 0.05) is 6.54 Å². The lowest BCUT2D eigenvalue weighted by molar-refractivity contribution is -0.127. The van der Waals surface area contributed by atoms with Crippen LogP contribution in [-0.2, 0) is 34.1 Å². The van der Waals surface area contributed by atoms with Gasteiger partial charge in [0.25, 0.3) is 0 Å². The van der Waals surface area contributed by atoms with E-state index in [0.717, 1.165) is 16.7 Å². The van der Waals surface area contributed by atoms with Gasteiger partial charge < -0.3 is 21.1 Å². The zero-order valence-electron chi connectivity index (χ0n) is 16.5. The first-order valence-corrected chi connectivity index (χ1v) is 9.45. The summed E-state index contributed by atoms with van der Waals surface area (Å²) in [6.07, 6.45) is 0. The predicted molar refractivity (Wildman–Crippen MR) is 109 cm³/mol. The molecule has 2 aromatic rings. The molecule has 0 saturated carbocycles. The highest BCUT2D eigenvalue weighted by Crippen LogP contribution is 2.08. The van der Waals surface area contributed by atoms with Crippen LogP contribution in [0.3, 0.4) is 0 Å². The fraction of sp³-hybridized carbons (Fsp3) is 0.364. The second kappa shape index (κ2) is 11.2. The number of nitrogens with two attached hydrogens (primary N) is 1. The van der Waals surface area contributed by atoms with Crippen molar-refractivity contribution in [1.82, 2.24) is 10.6 Å². The minimum absolute atomic E-state index is 0.0262. The van der Waals surface area contributed by atoms with E-state index in [9.17, 15) is 9.59 Å². The van der Waals surface area contributed by atoms with Crippen LogP contribution in [0.2, 0.25) is 0 Å². The number of hydrogen-bond donors (Lipinski definition) is 3. The Morgan fingerprint density at radius 2 is 1.46 bits per heavy atom. The molecule has 0 bridgehead atoms. The smallest absolute Gasteiger partial charge is 0.239 e. The Labute approximate surface area is 166 Å². The van der Waals surface area contributed by atoms with Crippen molar-refractivity contribution in [1.29, 1.82) is 0 Å². The van der Waals surface area contributed by atoms with Gasteiger partial charge in [-0.2, -0.15) is 0 Å². The van der Waals surface area contributed by atoms with Crippen molar-refractivity contribution in [2.75, 3.05) is 6.54 Å². The largest absolute Gasteiger partial charge is 0.372 e. The van der Waals surface area contributed by atoms with Gasteiger partial charge in [-0.15, -0.1) is 0 Å². The second-order valence-electron chi connectivity index (χ2n) is 7.06. The third kappa shape index (κ3) is 7.50. The Kier molecular flexibility index (Phi) is 8.65. The van der Waals surface area contributed by atoms with E-state index >= 15 is 0 Å². The van der Waals surface area contributed by atoms with Crippen LogP contribution in [0.15, 0.2) is 54.6 Å². The normalized spacial score (nSPS) is 11.9. The molecule has 6 nitrogen and oxygen atoms in total. The van der Waals surface area contributed by atoms with Crippen LogP contribution in [0.1, 0.15) is 30.5 Å². The molecule has 0 unspecified atom stereocenters. The van der Waals surface area contributed by atoms with Gasteiger partial charge in [-0.05, 0) is 22.6 Å². The summed E-state index contributed by atoms with van der Waals surface area (Å²) in [5.74, 6) is -0.539. The zero-order chi connectivity index (χ0) is 20.4. The molecule has 150 valence electrons. The summed E-state index contributed by atoms with van der Waals surface area (Å²) in [6, 6.07) is 17.3. The quantitative estimate of drug-likeness (QED) is 0.586. The minimum atomic E-state index is -0.607. The Bertz CT molecular complexity index is 745. The molecule has 0 aliphatic carbocycles. The molecule has 4 N–H and O–H groups in total. The molecule has 0 aromatic heterocycles. The molecule has 0 aliphatic rings. The first kappa shape index (κ1) is 21.6. The third-order valence-corrected chi connectivity index (χ3v) is 4.34. The van der Waals surface area contributed by atoms with Gasteiger partial charge in [-0.25, -0.2) is 0 Å². The summed E-state index contributed by atoms with van der Waals surface area (Å²) in [5, 5.41) is 5.33. The van der Waals surface area contributed by atoms with Gasteiger partial charge in [-0.1, -0.05) is 68.4 Å². The van der Waals surface area contributed by atoms with Crippen molar-refractivity contribution in [2.45, 2.75) is 39.6 Å². The first-order chi connectivity index (χ1) is 13.5. The van der Waals surface area contributed by atoms with E-state index in [1.54, 1.807) is 0 Å². The number of amides is 2. The highest BCUT2D eigenvalue weighted by atomic mass is 16.5. The van der Waals surface area contributed by atoms with Crippen LogP contribution in [0.4, 0.5) is 0 Å². The summed E-state index contributed by atoms with van der Waals surface area (Å²) < 4.78 is 5.71. The Hall–Kier alpha value is -2.70. The average molecular weight is 383 g/mol. The fourth-order valence-electron chi connectivity index (χ4n) is 2.47. The standard InChI is InChI=1S/C22H29N3O3/c1-16(2)21(23)22(27)25-13-20(26)24-12-17-8-10-19(11-9-17)15-28-14-18-6-4-3-5-7-18/h3-11,16,21H,12-15,23H2,1-2H3,(H,24,26)(H,25,27)/t21-/m0/s1. The van der Waals surface area contributed by atoms with Crippen LogP contribution >= 0.6 is 0 Å². The highest BCUT2D eigenvalue weighted by molar-refractivity contribution is 5.87. The lowest BCUT2D eigenvalue weighted by atomic mass is 10.1. The predicted octanol–water partition coefficient (Wildman–Crippen LogP) is 2.12. The number of nitrogens with one attached hydrogen (secondary N) is 2. The molecule has 2 rings (SSSR count). The number of hydrogen-bond acceptors (Lipinski definition) is 4. The van der Waals surface area contributed by atoms with Gasteiger partial charge in [0.05, 0.1) is 25.8 Å². The highest BCUT2D eigenvalue weighted by Gasteiger charge is 2.17. The van der Waals surface area contributed by atoms with Crippen LogP contribution in [0.5, 0.6) is 0 Å². The summed E-state index contributed by atoms with van der Waals surface area (Å²) in [5.41, 5.74) is 8.93. The van der Waals surface area contributed by atoms with Gasteiger partial charge in [-0.3, -0.25) is 9.59 Å².